The van der Waals surface area contributed by atoms with E-state index in [1.165, 1.54) is 27.0 Å². The molecule has 0 aliphatic rings. The molecule has 0 amide bonds. The summed E-state index contributed by atoms with van der Waals surface area (Å²) in [4.78, 5) is 11.4. The third kappa shape index (κ3) is 2.95. The second-order valence-electron chi connectivity index (χ2n) is 4.34. The van der Waals surface area contributed by atoms with Crippen LogP contribution in [0.25, 0.3) is 6.08 Å². The van der Waals surface area contributed by atoms with Crippen molar-refractivity contribution in [2.24, 2.45) is 5.41 Å². The molecule has 0 radical (unpaired) electrons. The van der Waals surface area contributed by atoms with Crippen molar-refractivity contribution in [2.75, 3.05) is 7.11 Å². The number of carbonyl (C=O) groups is 1. The summed E-state index contributed by atoms with van der Waals surface area (Å²) in [6.45, 7) is 2.91. The van der Waals surface area contributed by atoms with Crippen LogP contribution in [0.3, 0.4) is 0 Å². The molecule has 0 aromatic heterocycles. The van der Waals surface area contributed by atoms with Gasteiger partial charge in [0.2, 0.25) is 0 Å². The Bertz CT molecular complexity index is 510. The molecular weight excluding hydrogens is 233 g/mol. The zero-order valence-corrected chi connectivity index (χ0v) is 10.5. The third-order valence-corrected chi connectivity index (χ3v) is 2.63. The first-order chi connectivity index (χ1) is 8.41. The van der Waals surface area contributed by atoms with Gasteiger partial charge in [-0.2, -0.15) is 5.26 Å². The smallest absolute Gasteiger partial charge is 0.318 e. The molecule has 94 valence electrons. The highest BCUT2D eigenvalue weighted by molar-refractivity contribution is 5.80. The van der Waals surface area contributed by atoms with Crippen molar-refractivity contribution in [2.45, 2.75) is 13.8 Å². The zero-order chi connectivity index (χ0) is 13.8. The van der Waals surface area contributed by atoms with Crippen LogP contribution in [0.1, 0.15) is 25.0 Å². The summed E-state index contributed by atoms with van der Waals surface area (Å²) in [6.07, 6.45) is 1.26. The third-order valence-electron chi connectivity index (χ3n) is 2.63. The highest BCUT2D eigenvalue weighted by atomic mass is 19.1. The van der Waals surface area contributed by atoms with E-state index in [9.17, 15) is 9.18 Å². The summed E-state index contributed by atoms with van der Waals surface area (Å²) in [5.74, 6) is -1.22. The van der Waals surface area contributed by atoms with Gasteiger partial charge in [0.25, 0.3) is 0 Å². The molecule has 0 aliphatic heterocycles. The number of halogens is 1. The van der Waals surface area contributed by atoms with Crippen LogP contribution in [0, 0.1) is 16.7 Å². The molecule has 18 heavy (non-hydrogen) atoms. The van der Waals surface area contributed by atoms with E-state index in [1.807, 2.05) is 6.07 Å². The minimum atomic E-state index is -1.32. The van der Waals surface area contributed by atoms with E-state index in [2.05, 4.69) is 4.74 Å². The van der Waals surface area contributed by atoms with Crippen molar-refractivity contribution in [3.05, 3.63) is 41.2 Å². The molecule has 0 fully saturated rings. The molecule has 0 N–H and O–H groups in total. The standard InChI is InChI=1S/C14H14FNO2/c1-14(2,13(17)18-3)12(15)8-10-4-6-11(9-16)7-5-10/h4-8H,1-3H3/b12-8-. The molecule has 0 spiro atoms. The van der Waals surface area contributed by atoms with Crippen LogP contribution in [0.4, 0.5) is 4.39 Å². The van der Waals surface area contributed by atoms with Gasteiger partial charge in [-0.05, 0) is 37.6 Å². The van der Waals surface area contributed by atoms with E-state index >= 15 is 0 Å². The summed E-state index contributed by atoms with van der Waals surface area (Å²) >= 11 is 0. The monoisotopic (exact) mass is 247 g/mol. The Balaban J connectivity index is 3.02. The van der Waals surface area contributed by atoms with Crippen molar-refractivity contribution in [3.63, 3.8) is 0 Å². The van der Waals surface area contributed by atoms with Crippen molar-refractivity contribution in [1.29, 1.82) is 5.26 Å². The minimum Gasteiger partial charge on any atom is -0.468 e. The number of hydrogen-bond donors (Lipinski definition) is 0. The number of carbonyl (C=O) groups excluding carboxylic acids is 1. The van der Waals surface area contributed by atoms with E-state index < -0.39 is 17.2 Å². The average molecular weight is 247 g/mol. The lowest BCUT2D eigenvalue weighted by Gasteiger charge is -2.19. The fourth-order valence-electron chi connectivity index (χ4n) is 1.33. The Hall–Kier alpha value is -2.15. The molecule has 0 saturated carbocycles. The number of benzene rings is 1. The van der Waals surface area contributed by atoms with Gasteiger partial charge in [0.1, 0.15) is 11.2 Å². The van der Waals surface area contributed by atoms with E-state index in [0.717, 1.165) is 0 Å². The van der Waals surface area contributed by atoms with E-state index in [0.29, 0.717) is 11.1 Å². The maximum absolute atomic E-state index is 14.0. The highest BCUT2D eigenvalue weighted by Gasteiger charge is 2.33. The van der Waals surface area contributed by atoms with E-state index in [-0.39, 0.29) is 0 Å². The number of methoxy groups -OCH3 is 1. The maximum Gasteiger partial charge on any atom is 0.318 e. The van der Waals surface area contributed by atoms with Crippen LogP contribution in [0.15, 0.2) is 30.1 Å². The molecule has 1 rings (SSSR count). The molecular formula is C14H14FNO2. The van der Waals surface area contributed by atoms with Gasteiger partial charge in [-0.3, -0.25) is 4.79 Å². The Morgan fingerprint density at radius 2 is 1.94 bits per heavy atom. The van der Waals surface area contributed by atoms with Crippen LogP contribution < -0.4 is 0 Å². The van der Waals surface area contributed by atoms with Crippen molar-refractivity contribution < 1.29 is 13.9 Å². The summed E-state index contributed by atoms with van der Waals surface area (Å²) in [6, 6.07) is 8.38. The van der Waals surface area contributed by atoms with Crippen molar-refractivity contribution >= 4 is 12.0 Å². The molecule has 3 nitrogen and oxygen atoms in total. The predicted molar refractivity (Wildman–Crippen MR) is 66.0 cm³/mol. The van der Waals surface area contributed by atoms with E-state index in [1.54, 1.807) is 24.3 Å². The molecule has 0 bridgehead atoms. The SMILES string of the molecule is COC(=O)C(C)(C)/C(F)=C/c1ccc(C#N)cc1. The molecule has 0 heterocycles. The van der Waals surface area contributed by atoms with Crippen LogP contribution in [-0.4, -0.2) is 13.1 Å². The predicted octanol–water partition coefficient (Wildman–Crippen LogP) is 3.07. The molecule has 0 aliphatic carbocycles. The molecule has 0 unspecified atom stereocenters. The quantitative estimate of drug-likeness (QED) is 0.771. The Morgan fingerprint density at radius 1 is 1.39 bits per heavy atom. The molecule has 0 saturated heterocycles. The molecule has 1 aromatic rings. The number of rotatable bonds is 3. The van der Waals surface area contributed by atoms with Gasteiger partial charge in [0.05, 0.1) is 18.7 Å². The molecule has 4 heteroatoms. The van der Waals surface area contributed by atoms with Crippen LogP contribution in [0.5, 0.6) is 0 Å². The summed E-state index contributed by atoms with van der Waals surface area (Å²) in [5.41, 5.74) is -0.230. The highest BCUT2D eigenvalue weighted by Crippen LogP contribution is 2.30. The molecule has 1 aromatic carbocycles. The first-order valence-corrected chi connectivity index (χ1v) is 5.38. The second kappa shape index (κ2) is 5.46. The lowest BCUT2D eigenvalue weighted by atomic mass is 9.90. The first kappa shape index (κ1) is 13.9. The number of ether oxygens (including phenoxy) is 1. The van der Waals surface area contributed by atoms with E-state index in [4.69, 9.17) is 5.26 Å². The first-order valence-electron chi connectivity index (χ1n) is 5.38. The largest absolute Gasteiger partial charge is 0.468 e. The lowest BCUT2D eigenvalue weighted by molar-refractivity contribution is -0.149. The number of hydrogen-bond acceptors (Lipinski definition) is 3. The van der Waals surface area contributed by atoms with Gasteiger partial charge in [-0.25, -0.2) is 4.39 Å². The Morgan fingerprint density at radius 3 is 2.39 bits per heavy atom. The second-order valence-corrected chi connectivity index (χ2v) is 4.34. The van der Waals surface area contributed by atoms with Crippen molar-refractivity contribution in [3.8, 4) is 6.07 Å². The summed E-state index contributed by atoms with van der Waals surface area (Å²) < 4.78 is 18.5. The van der Waals surface area contributed by atoms with Gasteiger partial charge in [0, 0.05) is 0 Å². The minimum absolute atomic E-state index is 0.500. The maximum atomic E-state index is 14.0. The zero-order valence-electron chi connectivity index (χ0n) is 10.5. The van der Waals surface area contributed by atoms with Gasteiger partial charge in [-0.1, -0.05) is 12.1 Å². The summed E-state index contributed by atoms with van der Waals surface area (Å²) in [5, 5.41) is 8.64. The average Bonchev–Trinajstić information content (AvgIpc) is 2.38. The number of nitriles is 1. The van der Waals surface area contributed by atoms with Gasteiger partial charge in [-0.15, -0.1) is 0 Å². The van der Waals surface area contributed by atoms with Gasteiger partial charge >= 0.3 is 5.97 Å². The fraction of sp³-hybridized carbons (Fsp3) is 0.286. The Kier molecular flexibility index (Phi) is 4.22. The van der Waals surface area contributed by atoms with Crippen LogP contribution in [0.2, 0.25) is 0 Å². The van der Waals surface area contributed by atoms with Gasteiger partial charge in [0.15, 0.2) is 0 Å². The number of esters is 1. The van der Waals surface area contributed by atoms with Gasteiger partial charge < -0.3 is 4.74 Å². The molecule has 0 atom stereocenters. The topological polar surface area (TPSA) is 50.1 Å². The van der Waals surface area contributed by atoms with Crippen molar-refractivity contribution in [1.82, 2.24) is 0 Å². The fourth-order valence-corrected chi connectivity index (χ4v) is 1.33. The lowest BCUT2D eigenvalue weighted by Crippen LogP contribution is -2.26. The normalized spacial score (nSPS) is 11.8. The Labute approximate surface area is 105 Å². The number of nitrogens with zero attached hydrogens (tertiary/aromatic N) is 1. The van der Waals surface area contributed by atoms with Crippen LogP contribution in [-0.2, 0) is 9.53 Å². The van der Waals surface area contributed by atoms with Crippen LogP contribution >= 0.6 is 0 Å². The summed E-state index contributed by atoms with van der Waals surface area (Å²) in [7, 11) is 1.22.